The van der Waals surface area contributed by atoms with E-state index in [0.717, 1.165) is 0 Å². The normalized spacial score (nSPS) is 10.8. The van der Waals surface area contributed by atoms with Gasteiger partial charge in [-0.15, -0.1) is 0 Å². The maximum atomic E-state index is 11.9. The zero-order chi connectivity index (χ0) is 17.2. The number of hydrogen-bond donors (Lipinski definition) is 2. The van der Waals surface area contributed by atoms with Gasteiger partial charge in [0, 0.05) is 23.4 Å². The average Bonchev–Trinajstić information content (AvgIpc) is 2.53. The molecular weight excluding hydrogens is 298 g/mol. The Hall–Kier alpha value is -2.70. The molecule has 0 saturated heterocycles. The predicted molar refractivity (Wildman–Crippen MR) is 87.2 cm³/mol. The van der Waals surface area contributed by atoms with Crippen LogP contribution >= 0.6 is 0 Å². The van der Waals surface area contributed by atoms with Crippen LogP contribution in [-0.2, 0) is 14.3 Å². The highest BCUT2D eigenvalue weighted by Crippen LogP contribution is 2.10. The summed E-state index contributed by atoms with van der Waals surface area (Å²) in [5, 5.41) is 6.55. The molecule has 0 fully saturated rings. The Morgan fingerprint density at radius 1 is 1.13 bits per heavy atom. The second-order valence-electron chi connectivity index (χ2n) is 4.75. The third-order valence-electron chi connectivity index (χ3n) is 2.81. The van der Waals surface area contributed by atoms with Crippen LogP contribution in [0.15, 0.2) is 29.4 Å². The molecule has 1 rings (SSSR count). The number of esters is 1. The molecule has 0 heterocycles. The summed E-state index contributed by atoms with van der Waals surface area (Å²) in [5.41, 5.74) is 3.84. The van der Waals surface area contributed by atoms with Gasteiger partial charge in [-0.25, -0.2) is 5.43 Å². The highest BCUT2D eigenvalue weighted by atomic mass is 16.5. The van der Waals surface area contributed by atoms with Gasteiger partial charge in [0.1, 0.15) is 0 Å². The van der Waals surface area contributed by atoms with Crippen LogP contribution in [0.4, 0.5) is 5.69 Å². The maximum Gasteiger partial charge on any atom is 0.311 e. The minimum absolute atomic E-state index is 0.0239. The Morgan fingerprint density at radius 2 is 1.78 bits per heavy atom. The molecular formula is C16H21N3O4. The van der Waals surface area contributed by atoms with Gasteiger partial charge in [0.05, 0.1) is 13.0 Å². The number of ether oxygens (including phenoxy) is 1. The van der Waals surface area contributed by atoms with E-state index in [0.29, 0.717) is 30.0 Å². The zero-order valence-electron chi connectivity index (χ0n) is 13.5. The monoisotopic (exact) mass is 319 g/mol. The highest BCUT2D eigenvalue weighted by Gasteiger charge is 2.07. The van der Waals surface area contributed by atoms with Crippen LogP contribution < -0.4 is 10.7 Å². The molecule has 0 aliphatic heterocycles. The lowest BCUT2D eigenvalue weighted by Crippen LogP contribution is -2.20. The lowest BCUT2D eigenvalue weighted by Gasteiger charge is -2.05. The molecule has 0 spiro atoms. The number of anilines is 1. The smallest absolute Gasteiger partial charge is 0.311 e. The van der Waals surface area contributed by atoms with Crippen molar-refractivity contribution in [3.8, 4) is 0 Å². The van der Waals surface area contributed by atoms with Gasteiger partial charge >= 0.3 is 5.97 Å². The van der Waals surface area contributed by atoms with E-state index >= 15 is 0 Å². The van der Waals surface area contributed by atoms with Crippen LogP contribution in [0, 0.1) is 0 Å². The minimum atomic E-state index is -0.401. The molecule has 0 atom stereocenters. The van der Waals surface area contributed by atoms with Crippen molar-refractivity contribution >= 4 is 29.2 Å². The van der Waals surface area contributed by atoms with E-state index in [1.807, 2.05) is 0 Å². The predicted octanol–water partition coefficient (Wildman–Crippen LogP) is 2.09. The van der Waals surface area contributed by atoms with E-state index < -0.39 is 5.91 Å². The molecule has 0 aliphatic rings. The van der Waals surface area contributed by atoms with Crippen LogP contribution in [0.5, 0.6) is 0 Å². The molecule has 0 bridgehead atoms. The highest BCUT2D eigenvalue weighted by molar-refractivity contribution is 6.00. The number of nitrogens with zero attached hydrogens (tertiary/aromatic N) is 1. The summed E-state index contributed by atoms with van der Waals surface area (Å²) >= 11 is 0. The number of hydrogen-bond acceptors (Lipinski definition) is 5. The van der Waals surface area contributed by atoms with E-state index in [-0.39, 0.29) is 18.3 Å². The molecule has 0 aliphatic carbocycles. The first-order valence-corrected chi connectivity index (χ1v) is 7.35. The summed E-state index contributed by atoms with van der Waals surface area (Å²) in [5.74, 6) is -0.887. The Labute approximate surface area is 135 Å². The van der Waals surface area contributed by atoms with Crippen LogP contribution in [-0.4, -0.2) is 30.1 Å². The van der Waals surface area contributed by atoms with Gasteiger partial charge in [-0.1, -0.05) is 6.92 Å². The van der Waals surface area contributed by atoms with Crippen molar-refractivity contribution in [3.63, 3.8) is 0 Å². The van der Waals surface area contributed by atoms with Gasteiger partial charge in [-0.3, -0.25) is 14.4 Å². The summed E-state index contributed by atoms with van der Waals surface area (Å²) in [6, 6.07) is 6.43. The first-order chi connectivity index (χ1) is 11.0. The van der Waals surface area contributed by atoms with Gasteiger partial charge in [0.25, 0.3) is 5.91 Å². The molecule has 0 unspecified atom stereocenters. The zero-order valence-corrected chi connectivity index (χ0v) is 13.5. The van der Waals surface area contributed by atoms with E-state index in [9.17, 15) is 14.4 Å². The topological polar surface area (TPSA) is 96.9 Å². The first-order valence-electron chi connectivity index (χ1n) is 7.35. The molecule has 124 valence electrons. The molecule has 23 heavy (non-hydrogen) atoms. The van der Waals surface area contributed by atoms with E-state index in [2.05, 4.69) is 15.8 Å². The molecule has 0 radical (unpaired) electrons. The van der Waals surface area contributed by atoms with Crippen molar-refractivity contribution in [2.45, 2.75) is 33.6 Å². The Morgan fingerprint density at radius 3 is 2.35 bits per heavy atom. The number of rotatable bonds is 7. The van der Waals surface area contributed by atoms with Gasteiger partial charge < -0.3 is 10.1 Å². The number of amides is 2. The summed E-state index contributed by atoms with van der Waals surface area (Å²) in [4.78, 5) is 34.5. The van der Waals surface area contributed by atoms with Crippen LogP contribution in [0.2, 0.25) is 0 Å². The first kappa shape index (κ1) is 18.3. The van der Waals surface area contributed by atoms with Crippen molar-refractivity contribution in [2.75, 3.05) is 11.9 Å². The van der Waals surface area contributed by atoms with Crippen molar-refractivity contribution < 1.29 is 19.1 Å². The summed E-state index contributed by atoms with van der Waals surface area (Å²) in [6.07, 6.45) is 0.410. The third kappa shape index (κ3) is 6.73. The molecule has 7 nitrogen and oxygen atoms in total. The number of hydrazone groups is 1. The Bertz CT molecular complexity index is 594. The molecule has 7 heteroatoms. The van der Waals surface area contributed by atoms with E-state index in [1.54, 1.807) is 45.0 Å². The Balaban J connectivity index is 2.57. The van der Waals surface area contributed by atoms with Crippen molar-refractivity contribution in [2.24, 2.45) is 5.10 Å². The minimum Gasteiger partial charge on any atom is -0.466 e. The number of carbonyl (C=O) groups excluding carboxylic acids is 3. The van der Waals surface area contributed by atoms with Gasteiger partial charge in [0.2, 0.25) is 5.91 Å². The quantitative estimate of drug-likeness (QED) is 0.457. The van der Waals surface area contributed by atoms with Crippen LogP contribution in [0.25, 0.3) is 0 Å². The summed E-state index contributed by atoms with van der Waals surface area (Å²) in [7, 11) is 0. The molecule has 1 aromatic rings. The molecule has 0 aromatic heterocycles. The molecule has 1 aromatic carbocycles. The van der Waals surface area contributed by atoms with Gasteiger partial charge in [-0.2, -0.15) is 5.10 Å². The standard InChI is InChI=1S/C16H21N3O4/c1-4-14(20)17-13-8-6-12(7-9-13)16(22)19-18-11(3)10-15(21)23-5-2/h6-9H,4-5,10H2,1-3H3,(H,17,20)(H,19,22)/b18-11-. The van der Waals surface area contributed by atoms with Crippen molar-refractivity contribution in [1.82, 2.24) is 5.43 Å². The second kappa shape index (κ2) is 9.34. The van der Waals surface area contributed by atoms with Gasteiger partial charge in [0.15, 0.2) is 0 Å². The fourth-order valence-electron chi connectivity index (χ4n) is 1.63. The van der Waals surface area contributed by atoms with Crippen molar-refractivity contribution in [3.05, 3.63) is 29.8 Å². The molecule has 0 saturated carbocycles. The van der Waals surface area contributed by atoms with Crippen molar-refractivity contribution in [1.29, 1.82) is 0 Å². The molecule has 2 N–H and O–H groups in total. The van der Waals surface area contributed by atoms with Crippen LogP contribution in [0.3, 0.4) is 0 Å². The number of carbonyl (C=O) groups is 3. The fourth-order valence-corrected chi connectivity index (χ4v) is 1.63. The number of benzene rings is 1. The summed E-state index contributed by atoms with van der Waals surface area (Å²) in [6.45, 7) is 5.41. The Kier molecular flexibility index (Phi) is 7.45. The fraction of sp³-hybridized carbons (Fsp3) is 0.375. The van der Waals surface area contributed by atoms with Gasteiger partial charge in [-0.05, 0) is 38.1 Å². The third-order valence-corrected chi connectivity index (χ3v) is 2.81. The van der Waals surface area contributed by atoms with E-state index in [1.165, 1.54) is 0 Å². The van der Waals surface area contributed by atoms with Crippen LogP contribution in [0.1, 0.15) is 44.0 Å². The lowest BCUT2D eigenvalue weighted by atomic mass is 10.2. The lowest BCUT2D eigenvalue weighted by molar-refractivity contribution is -0.141. The largest absolute Gasteiger partial charge is 0.466 e. The van der Waals surface area contributed by atoms with E-state index in [4.69, 9.17) is 4.74 Å². The SMILES string of the molecule is CCOC(=O)C/C(C)=N\NC(=O)c1ccc(NC(=O)CC)cc1. The molecule has 2 amide bonds. The maximum absolute atomic E-state index is 11.9. The number of nitrogens with one attached hydrogen (secondary N) is 2. The second-order valence-corrected chi connectivity index (χ2v) is 4.75. The summed E-state index contributed by atoms with van der Waals surface area (Å²) < 4.78 is 4.79. The average molecular weight is 319 g/mol.